The molecule has 0 aromatic heterocycles. The van der Waals surface area contributed by atoms with Gasteiger partial charge in [0.2, 0.25) is 5.91 Å². The fraction of sp³-hybridized carbons (Fsp3) is 0.941. The highest BCUT2D eigenvalue weighted by Crippen LogP contribution is 2.55. The van der Waals surface area contributed by atoms with Crippen LogP contribution in [0.15, 0.2) is 0 Å². The van der Waals surface area contributed by atoms with Crippen LogP contribution in [0.5, 0.6) is 0 Å². The van der Waals surface area contributed by atoms with Crippen molar-refractivity contribution in [1.29, 1.82) is 0 Å². The molecule has 0 radical (unpaired) electrons. The summed E-state index contributed by atoms with van der Waals surface area (Å²) >= 11 is 0. The maximum atomic E-state index is 12.5. The van der Waals surface area contributed by atoms with E-state index in [2.05, 4.69) is 10.2 Å². The average Bonchev–Trinajstić information content (AvgIpc) is 2.39. The van der Waals surface area contributed by atoms with Gasteiger partial charge in [-0.25, -0.2) is 0 Å². The number of nitrogens with zero attached hydrogens (tertiary/aromatic N) is 1. The van der Waals surface area contributed by atoms with Crippen LogP contribution in [0.25, 0.3) is 0 Å². The highest BCUT2D eigenvalue weighted by molar-refractivity contribution is 5.85. The Kier molecular flexibility index (Phi) is 4.73. The summed E-state index contributed by atoms with van der Waals surface area (Å²) in [5.74, 6) is 2.94. The number of carbonyl (C=O) groups excluding carboxylic acids is 1. The molecule has 0 atom stereocenters. The van der Waals surface area contributed by atoms with E-state index < -0.39 is 0 Å². The SMILES string of the molecule is Cl.NC1CCN(CC(=O)NC23CC4CC(CC(C4)C2)C3)CC1. The Morgan fingerprint density at radius 3 is 2.05 bits per heavy atom. The summed E-state index contributed by atoms with van der Waals surface area (Å²) in [7, 11) is 0. The molecule has 0 unspecified atom stereocenters. The summed E-state index contributed by atoms with van der Waals surface area (Å²) < 4.78 is 0. The zero-order valence-corrected chi connectivity index (χ0v) is 14.2. The van der Waals surface area contributed by atoms with E-state index in [0.29, 0.717) is 12.6 Å². The van der Waals surface area contributed by atoms with Crippen LogP contribution in [0, 0.1) is 17.8 Å². The van der Waals surface area contributed by atoms with E-state index in [1.54, 1.807) is 0 Å². The third-order valence-electron chi connectivity index (χ3n) is 6.44. The summed E-state index contributed by atoms with van der Waals surface area (Å²) in [5, 5.41) is 3.47. The number of nitrogens with two attached hydrogens (primary N) is 1. The first kappa shape index (κ1) is 16.5. The lowest BCUT2D eigenvalue weighted by molar-refractivity contribution is -0.128. The van der Waals surface area contributed by atoms with Crippen molar-refractivity contribution in [1.82, 2.24) is 10.2 Å². The quantitative estimate of drug-likeness (QED) is 0.832. The molecular formula is C17H30ClN3O. The topological polar surface area (TPSA) is 58.4 Å². The van der Waals surface area contributed by atoms with Crippen LogP contribution in [-0.2, 0) is 4.79 Å². The molecule has 1 amide bonds. The molecule has 5 rings (SSSR count). The first-order chi connectivity index (χ1) is 10.1. The zero-order valence-electron chi connectivity index (χ0n) is 13.4. The van der Waals surface area contributed by atoms with Gasteiger partial charge in [0.15, 0.2) is 0 Å². The number of amides is 1. The number of rotatable bonds is 3. The molecule has 4 nitrogen and oxygen atoms in total. The minimum Gasteiger partial charge on any atom is -0.350 e. The van der Waals surface area contributed by atoms with Crippen LogP contribution in [-0.4, -0.2) is 42.0 Å². The minimum absolute atomic E-state index is 0. The highest BCUT2D eigenvalue weighted by atomic mass is 35.5. The maximum Gasteiger partial charge on any atom is 0.234 e. The summed E-state index contributed by atoms with van der Waals surface area (Å²) in [5.41, 5.74) is 6.10. The van der Waals surface area contributed by atoms with Crippen LogP contribution in [0.1, 0.15) is 51.4 Å². The van der Waals surface area contributed by atoms with Gasteiger partial charge in [-0.15, -0.1) is 12.4 Å². The first-order valence-corrected chi connectivity index (χ1v) is 8.89. The second-order valence-electron chi connectivity index (χ2n) is 8.36. The fourth-order valence-corrected chi connectivity index (χ4v) is 5.91. The van der Waals surface area contributed by atoms with Crippen LogP contribution in [0.3, 0.4) is 0 Å². The normalized spacial score (nSPS) is 41.2. The molecule has 126 valence electrons. The van der Waals surface area contributed by atoms with E-state index in [-0.39, 0.29) is 23.9 Å². The number of nitrogens with one attached hydrogen (secondary N) is 1. The molecule has 1 heterocycles. The average molecular weight is 328 g/mol. The molecule has 22 heavy (non-hydrogen) atoms. The summed E-state index contributed by atoms with van der Waals surface area (Å²) in [6.07, 6.45) is 10.1. The zero-order chi connectivity index (χ0) is 14.4. The van der Waals surface area contributed by atoms with E-state index >= 15 is 0 Å². The monoisotopic (exact) mass is 327 g/mol. The molecule has 4 bridgehead atoms. The summed E-state index contributed by atoms with van der Waals surface area (Å²) in [6, 6.07) is 0.340. The van der Waals surface area contributed by atoms with Gasteiger partial charge in [-0.1, -0.05) is 0 Å². The molecule has 4 saturated carbocycles. The Bertz CT molecular complexity index is 385. The van der Waals surface area contributed by atoms with E-state index in [9.17, 15) is 4.79 Å². The Morgan fingerprint density at radius 1 is 1.05 bits per heavy atom. The number of carbonyl (C=O) groups is 1. The van der Waals surface area contributed by atoms with Gasteiger partial charge >= 0.3 is 0 Å². The van der Waals surface area contributed by atoms with Gasteiger partial charge in [0, 0.05) is 24.7 Å². The molecule has 1 aliphatic heterocycles. The number of hydrogen-bond donors (Lipinski definition) is 2. The minimum atomic E-state index is 0. The number of halogens is 1. The van der Waals surface area contributed by atoms with Gasteiger partial charge in [-0.05, 0) is 69.1 Å². The van der Waals surface area contributed by atoms with Crippen molar-refractivity contribution in [3.05, 3.63) is 0 Å². The largest absolute Gasteiger partial charge is 0.350 e. The van der Waals surface area contributed by atoms with Crippen LogP contribution in [0.4, 0.5) is 0 Å². The molecule has 4 aliphatic carbocycles. The Labute approximate surface area is 140 Å². The fourth-order valence-electron chi connectivity index (χ4n) is 5.91. The predicted molar refractivity (Wildman–Crippen MR) is 89.9 cm³/mol. The molecule has 1 saturated heterocycles. The number of likely N-dealkylation sites (tertiary alicyclic amines) is 1. The smallest absolute Gasteiger partial charge is 0.234 e. The van der Waals surface area contributed by atoms with E-state index in [0.717, 1.165) is 43.7 Å². The Morgan fingerprint density at radius 2 is 1.55 bits per heavy atom. The van der Waals surface area contributed by atoms with Crippen molar-refractivity contribution in [3.8, 4) is 0 Å². The lowest BCUT2D eigenvalue weighted by Crippen LogP contribution is -2.61. The van der Waals surface area contributed by atoms with Crippen molar-refractivity contribution in [2.24, 2.45) is 23.5 Å². The number of piperidine rings is 1. The van der Waals surface area contributed by atoms with Crippen molar-refractivity contribution >= 4 is 18.3 Å². The Balaban J connectivity index is 0.00000144. The van der Waals surface area contributed by atoms with Gasteiger partial charge in [-0.3, -0.25) is 9.69 Å². The van der Waals surface area contributed by atoms with Crippen LogP contribution < -0.4 is 11.1 Å². The predicted octanol–water partition coefficient (Wildman–Crippen LogP) is 1.92. The van der Waals surface area contributed by atoms with E-state index in [1.165, 1.54) is 38.5 Å². The molecule has 5 fully saturated rings. The molecule has 5 heteroatoms. The van der Waals surface area contributed by atoms with Crippen molar-refractivity contribution in [2.45, 2.75) is 62.9 Å². The lowest BCUT2D eigenvalue weighted by Gasteiger charge is -2.57. The molecule has 0 spiro atoms. The second kappa shape index (κ2) is 6.29. The lowest BCUT2D eigenvalue weighted by atomic mass is 9.53. The standard InChI is InChI=1S/C17H29N3O.ClH/c18-15-1-3-20(4-2-15)11-16(21)19-17-8-12-5-13(9-17)7-14(6-12)10-17;/h12-15H,1-11,18H2,(H,19,21);1H. The summed E-state index contributed by atoms with van der Waals surface area (Å²) in [4.78, 5) is 14.8. The second-order valence-corrected chi connectivity index (χ2v) is 8.36. The highest BCUT2D eigenvalue weighted by Gasteiger charge is 2.51. The van der Waals surface area contributed by atoms with Crippen molar-refractivity contribution in [2.75, 3.05) is 19.6 Å². The number of hydrogen-bond acceptors (Lipinski definition) is 3. The van der Waals surface area contributed by atoms with E-state index in [1.807, 2.05) is 0 Å². The van der Waals surface area contributed by atoms with E-state index in [4.69, 9.17) is 5.73 Å². The Hall–Kier alpha value is -0.320. The van der Waals surface area contributed by atoms with Crippen molar-refractivity contribution in [3.63, 3.8) is 0 Å². The molecular weight excluding hydrogens is 298 g/mol. The third-order valence-corrected chi connectivity index (χ3v) is 6.44. The third kappa shape index (κ3) is 3.29. The van der Waals surface area contributed by atoms with Crippen molar-refractivity contribution < 1.29 is 4.79 Å². The summed E-state index contributed by atoms with van der Waals surface area (Å²) in [6.45, 7) is 2.54. The molecule has 5 aliphatic rings. The van der Waals surface area contributed by atoms with Gasteiger partial charge in [0.05, 0.1) is 6.54 Å². The molecule has 3 N–H and O–H groups in total. The maximum absolute atomic E-state index is 12.5. The molecule has 0 aromatic carbocycles. The van der Waals surface area contributed by atoms with Gasteiger partial charge in [0.25, 0.3) is 0 Å². The van der Waals surface area contributed by atoms with Gasteiger partial charge < -0.3 is 11.1 Å². The van der Waals surface area contributed by atoms with Gasteiger partial charge in [-0.2, -0.15) is 0 Å². The first-order valence-electron chi connectivity index (χ1n) is 8.89. The van der Waals surface area contributed by atoms with Crippen LogP contribution >= 0.6 is 12.4 Å². The molecule has 0 aromatic rings. The van der Waals surface area contributed by atoms with Gasteiger partial charge in [0.1, 0.15) is 0 Å². The van der Waals surface area contributed by atoms with Crippen LogP contribution in [0.2, 0.25) is 0 Å².